The van der Waals surface area contributed by atoms with Crippen LogP contribution in [0.2, 0.25) is 0 Å². The highest BCUT2D eigenvalue weighted by molar-refractivity contribution is 8.76. The SMILES string of the molecule is Cl.N[C@@H](CSSC[C@H](N)C(=O)O)C(=O)O.[H+].[H+]. The van der Waals surface area contributed by atoms with Crippen molar-refractivity contribution in [2.24, 2.45) is 11.5 Å². The maximum Gasteiger partial charge on any atom is 1.00 e. The lowest BCUT2D eigenvalue weighted by molar-refractivity contribution is -0.138. The number of nitrogens with two attached hydrogens (primary N) is 2. The standard InChI is InChI=1S/C6H12N2O4S2.ClH/c7-3(5(9)10)1-13-14-2-4(8)6(11)12;/h3-4H,1-2,7-8H2,(H,9,10)(H,11,12);1H/p+2/t3-,4-;/m0./s1. The van der Waals surface area contributed by atoms with Crippen molar-refractivity contribution in [3.8, 4) is 0 Å². The molecule has 15 heavy (non-hydrogen) atoms. The first-order valence-corrected chi connectivity index (χ1v) is 6.15. The van der Waals surface area contributed by atoms with Gasteiger partial charge in [-0.1, -0.05) is 21.6 Å². The molecule has 0 radical (unpaired) electrons. The van der Waals surface area contributed by atoms with Crippen LogP contribution in [-0.2, 0) is 9.59 Å². The molecule has 0 aromatic carbocycles. The van der Waals surface area contributed by atoms with E-state index >= 15 is 0 Å². The molecule has 6 nitrogen and oxygen atoms in total. The van der Waals surface area contributed by atoms with Crippen molar-refractivity contribution >= 4 is 45.9 Å². The average molecular weight is 279 g/mol. The summed E-state index contributed by atoms with van der Waals surface area (Å²) in [6, 6.07) is -1.85. The van der Waals surface area contributed by atoms with E-state index in [1.165, 1.54) is 21.6 Å². The Morgan fingerprint density at radius 3 is 1.53 bits per heavy atom. The second-order valence-electron chi connectivity index (χ2n) is 2.46. The molecule has 0 aliphatic rings. The van der Waals surface area contributed by atoms with Crippen molar-refractivity contribution in [1.82, 2.24) is 0 Å². The third-order valence-corrected chi connectivity index (χ3v) is 3.69. The van der Waals surface area contributed by atoms with Crippen molar-refractivity contribution in [1.29, 1.82) is 0 Å². The molecule has 0 aromatic heterocycles. The Morgan fingerprint density at radius 2 is 1.33 bits per heavy atom. The predicted octanol–water partition coefficient (Wildman–Crippen LogP) is -0.162. The van der Waals surface area contributed by atoms with Gasteiger partial charge in [-0.25, -0.2) is 0 Å². The number of halogens is 1. The number of carbonyl (C=O) groups is 2. The molecule has 0 saturated heterocycles. The summed E-state index contributed by atoms with van der Waals surface area (Å²) < 4.78 is 0. The average Bonchev–Trinajstić information content (AvgIpc) is 2.11. The van der Waals surface area contributed by atoms with Crippen LogP contribution in [0.5, 0.6) is 0 Å². The second kappa shape index (κ2) is 9.10. The Bertz CT molecular complexity index is 206. The normalized spacial score (nSPS) is 13.7. The number of aliphatic carboxylic acids is 2. The van der Waals surface area contributed by atoms with Crippen LogP contribution >= 0.6 is 34.0 Å². The molecule has 0 saturated carbocycles. The van der Waals surface area contributed by atoms with E-state index in [9.17, 15) is 9.59 Å². The van der Waals surface area contributed by atoms with E-state index in [0.717, 1.165) is 0 Å². The molecule has 0 amide bonds. The van der Waals surface area contributed by atoms with Gasteiger partial charge >= 0.3 is 14.8 Å². The molecule has 6 N–H and O–H groups in total. The van der Waals surface area contributed by atoms with E-state index in [1.807, 2.05) is 0 Å². The van der Waals surface area contributed by atoms with E-state index in [-0.39, 0.29) is 26.8 Å². The fourth-order valence-corrected chi connectivity index (χ4v) is 2.61. The molecular weight excluding hydrogens is 264 g/mol. The summed E-state index contributed by atoms with van der Waals surface area (Å²) >= 11 is 0. The first-order valence-electron chi connectivity index (χ1n) is 3.66. The van der Waals surface area contributed by atoms with E-state index in [4.69, 9.17) is 21.7 Å². The van der Waals surface area contributed by atoms with Gasteiger partial charge in [0.2, 0.25) is 0 Å². The number of carboxylic acid groups (broad SMARTS) is 2. The van der Waals surface area contributed by atoms with Crippen molar-refractivity contribution in [2.45, 2.75) is 12.1 Å². The van der Waals surface area contributed by atoms with Crippen molar-refractivity contribution < 1.29 is 22.7 Å². The topological polar surface area (TPSA) is 127 Å². The smallest absolute Gasteiger partial charge is 0.480 e. The number of hydrogen-bond donors (Lipinski definition) is 4. The molecule has 2 atom stereocenters. The van der Waals surface area contributed by atoms with E-state index in [0.29, 0.717) is 0 Å². The molecule has 9 heteroatoms. The minimum atomic E-state index is -1.07. The first kappa shape index (κ1) is 17.3. The molecule has 0 heterocycles. The minimum Gasteiger partial charge on any atom is -0.480 e. The van der Waals surface area contributed by atoms with Gasteiger partial charge in [0.05, 0.1) is 0 Å². The first-order chi connectivity index (χ1) is 6.45. The van der Waals surface area contributed by atoms with E-state index in [2.05, 4.69) is 0 Å². The van der Waals surface area contributed by atoms with Gasteiger partial charge in [-0.05, 0) is 0 Å². The van der Waals surface area contributed by atoms with Crippen LogP contribution in [-0.4, -0.2) is 45.7 Å². The molecule has 0 fully saturated rings. The molecule has 0 unspecified atom stereocenters. The summed E-state index contributed by atoms with van der Waals surface area (Å²) in [5.41, 5.74) is 10.4. The quantitative estimate of drug-likeness (QED) is 0.374. The third kappa shape index (κ3) is 8.82. The lowest BCUT2D eigenvalue weighted by Gasteiger charge is -2.07. The van der Waals surface area contributed by atoms with Crippen LogP contribution in [0.3, 0.4) is 0 Å². The van der Waals surface area contributed by atoms with Crippen LogP contribution in [0, 0.1) is 0 Å². The summed E-state index contributed by atoms with van der Waals surface area (Å²) in [7, 11) is 2.41. The summed E-state index contributed by atoms with van der Waals surface area (Å²) in [6.45, 7) is 0. The lowest BCUT2D eigenvalue weighted by Crippen LogP contribution is -2.33. The Hall–Kier alpha value is -0.150. The summed E-state index contributed by atoms with van der Waals surface area (Å²) in [5, 5.41) is 16.8. The van der Waals surface area contributed by atoms with Crippen molar-refractivity contribution in [3.05, 3.63) is 0 Å². The van der Waals surface area contributed by atoms with Gasteiger partial charge in [-0.15, -0.1) is 12.4 Å². The van der Waals surface area contributed by atoms with Gasteiger partial charge < -0.3 is 21.7 Å². The van der Waals surface area contributed by atoms with Crippen LogP contribution in [0.25, 0.3) is 0 Å². The Labute approximate surface area is 104 Å². The number of carboxylic acids is 2. The Morgan fingerprint density at radius 1 is 1.07 bits per heavy atom. The third-order valence-electron chi connectivity index (χ3n) is 1.21. The molecule has 0 spiro atoms. The van der Waals surface area contributed by atoms with Gasteiger partial charge in [-0.3, -0.25) is 9.59 Å². The summed E-state index contributed by atoms with van der Waals surface area (Å²) in [6.07, 6.45) is 0. The molecule has 0 rings (SSSR count). The van der Waals surface area contributed by atoms with Gasteiger partial charge in [0, 0.05) is 11.5 Å². The lowest BCUT2D eigenvalue weighted by atomic mass is 10.4. The monoisotopic (exact) mass is 278 g/mol. The van der Waals surface area contributed by atoms with Gasteiger partial charge in [0.15, 0.2) is 0 Å². The van der Waals surface area contributed by atoms with Crippen LogP contribution < -0.4 is 11.5 Å². The molecular formula is C6H15ClN2O4S2+2. The molecule has 0 aromatic rings. The molecule has 90 valence electrons. The largest absolute Gasteiger partial charge is 1.00 e. The highest BCUT2D eigenvalue weighted by Gasteiger charge is 2.14. The Kier molecular flexibility index (Phi) is 10.5. The van der Waals surface area contributed by atoms with Crippen molar-refractivity contribution in [2.75, 3.05) is 11.5 Å². The number of rotatable bonds is 7. The van der Waals surface area contributed by atoms with Crippen LogP contribution in [0.15, 0.2) is 0 Å². The maximum absolute atomic E-state index is 10.3. The predicted molar refractivity (Wildman–Crippen MR) is 65.6 cm³/mol. The van der Waals surface area contributed by atoms with E-state index < -0.39 is 24.0 Å². The highest BCUT2D eigenvalue weighted by Crippen LogP contribution is 2.22. The van der Waals surface area contributed by atoms with Crippen molar-refractivity contribution in [3.63, 3.8) is 0 Å². The van der Waals surface area contributed by atoms with Crippen LogP contribution in [0.1, 0.15) is 2.85 Å². The van der Waals surface area contributed by atoms with Crippen LogP contribution in [0.4, 0.5) is 0 Å². The molecule has 0 aliphatic heterocycles. The fraction of sp³-hybridized carbons (Fsp3) is 0.667. The fourth-order valence-electron chi connectivity index (χ4n) is 0.385. The van der Waals surface area contributed by atoms with Gasteiger partial charge in [-0.2, -0.15) is 0 Å². The zero-order valence-corrected chi connectivity index (χ0v) is 10.1. The minimum absolute atomic E-state index is 0. The molecule has 0 aliphatic carbocycles. The maximum atomic E-state index is 10.3. The van der Waals surface area contributed by atoms with Gasteiger partial charge in [0.1, 0.15) is 12.1 Å². The summed E-state index contributed by atoms with van der Waals surface area (Å²) in [4.78, 5) is 20.5. The van der Waals surface area contributed by atoms with E-state index in [1.54, 1.807) is 0 Å². The van der Waals surface area contributed by atoms with Gasteiger partial charge in [0.25, 0.3) is 0 Å². The highest BCUT2D eigenvalue weighted by atomic mass is 35.5. The zero-order chi connectivity index (χ0) is 11.1. The zero-order valence-electron chi connectivity index (χ0n) is 9.66. The number of hydrogen-bond acceptors (Lipinski definition) is 6. The summed E-state index contributed by atoms with van der Waals surface area (Å²) in [5.74, 6) is -1.68. The molecule has 0 bridgehead atoms. The Balaban J connectivity index is -0.000000282. The second-order valence-corrected chi connectivity index (χ2v) is 5.01.